The summed E-state index contributed by atoms with van der Waals surface area (Å²) in [5, 5.41) is 0. The zero-order valence-electron chi connectivity index (χ0n) is 9.59. The maximum atomic E-state index is 11.9. The number of hydrogen-bond donors (Lipinski definition) is 0. The lowest BCUT2D eigenvalue weighted by molar-refractivity contribution is -0.139. The highest BCUT2D eigenvalue weighted by Crippen LogP contribution is 2.31. The molecule has 1 aliphatic carbocycles. The Bertz CT molecular complexity index is 248. The van der Waals surface area contributed by atoms with Crippen LogP contribution in [0.2, 0.25) is 0 Å². The van der Waals surface area contributed by atoms with Gasteiger partial charge in [-0.2, -0.15) is 0 Å². The minimum absolute atomic E-state index is 0.120. The topological polar surface area (TPSA) is 34.1 Å². The second-order valence-corrected chi connectivity index (χ2v) is 5.52. The molecular formula is C12H20O2. The van der Waals surface area contributed by atoms with Gasteiger partial charge < -0.3 is 0 Å². The van der Waals surface area contributed by atoms with Crippen LogP contribution in [0.15, 0.2) is 0 Å². The second kappa shape index (κ2) is 3.84. The van der Waals surface area contributed by atoms with Gasteiger partial charge in [0.1, 0.15) is 11.6 Å². The van der Waals surface area contributed by atoms with E-state index in [0.717, 1.165) is 12.8 Å². The predicted octanol–water partition coefficient (Wildman–Crippen LogP) is 2.61. The summed E-state index contributed by atoms with van der Waals surface area (Å²) in [7, 11) is 0. The summed E-state index contributed by atoms with van der Waals surface area (Å²) >= 11 is 0. The van der Waals surface area contributed by atoms with Crippen LogP contribution in [0.3, 0.4) is 0 Å². The van der Waals surface area contributed by atoms with Gasteiger partial charge in [0, 0.05) is 11.8 Å². The fraction of sp³-hybridized carbons (Fsp3) is 0.833. The summed E-state index contributed by atoms with van der Waals surface area (Å²) in [6.45, 7) is 7.75. The largest absolute Gasteiger partial charge is 0.299 e. The van der Waals surface area contributed by atoms with Crippen LogP contribution in [0.25, 0.3) is 0 Å². The molecule has 0 aliphatic heterocycles. The smallest absolute Gasteiger partial charge is 0.148 e. The number of carbonyl (C=O) groups excluding carboxylic acids is 2. The Labute approximate surface area is 86.1 Å². The van der Waals surface area contributed by atoms with E-state index in [4.69, 9.17) is 0 Å². The van der Waals surface area contributed by atoms with Crippen molar-refractivity contribution in [2.45, 2.75) is 47.0 Å². The molecule has 0 amide bonds. The third kappa shape index (κ3) is 2.43. The average Bonchev–Trinajstić information content (AvgIpc) is 2.01. The summed E-state index contributed by atoms with van der Waals surface area (Å²) in [5.74, 6) is 0.427. The Morgan fingerprint density at radius 2 is 1.86 bits per heavy atom. The van der Waals surface area contributed by atoms with Gasteiger partial charge in [-0.05, 0) is 18.8 Å². The maximum Gasteiger partial charge on any atom is 0.148 e. The van der Waals surface area contributed by atoms with Crippen molar-refractivity contribution in [3.8, 4) is 0 Å². The molecule has 14 heavy (non-hydrogen) atoms. The molecule has 0 N–H and O–H groups in total. The SMILES string of the molecule is C[C@@H]1CC[C@@H](C(=O)C(C)(C)C)C(=O)C1. The van der Waals surface area contributed by atoms with Crippen molar-refractivity contribution in [2.75, 3.05) is 0 Å². The van der Waals surface area contributed by atoms with Crippen LogP contribution < -0.4 is 0 Å². The van der Waals surface area contributed by atoms with Gasteiger partial charge in [-0.3, -0.25) is 9.59 Å². The zero-order valence-corrected chi connectivity index (χ0v) is 9.59. The molecule has 0 aromatic carbocycles. The van der Waals surface area contributed by atoms with Crippen molar-refractivity contribution in [3.63, 3.8) is 0 Å². The predicted molar refractivity (Wildman–Crippen MR) is 56.0 cm³/mol. The van der Waals surface area contributed by atoms with Gasteiger partial charge in [0.25, 0.3) is 0 Å². The summed E-state index contributed by atoms with van der Waals surface area (Å²) < 4.78 is 0. The molecule has 1 rings (SSSR count). The number of carbonyl (C=O) groups is 2. The van der Waals surface area contributed by atoms with Crippen molar-refractivity contribution in [1.82, 2.24) is 0 Å². The quantitative estimate of drug-likeness (QED) is 0.604. The lowest BCUT2D eigenvalue weighted by Crippen LogP contribution is -2.36. The molecular weight excluding hydrogens is 176 g/mol. The Morgan fingerprint density at radius 1 is 1.29 bits per heavy atom. The van der Waals surface area contributed by atoms with Gasteiger partial charge in [-0.25, -0.2) is 0 Å². The van der Waals surface area contributed by atoms with Crippen molar-refractivity contribution in [1.29, 1.82) is 0 Å². The van der Waals surface area contributed by atoms with Gasteiger partial charge in [0.15, 0.2) is 0 Å². The van der Waals surface area contributed by atoms with Crippen LogP contribution in [-0.4, -0.2) is 11.6 Å². The van der Waals surface area contributed by atoms with Crippen molar-refractivity contribution < 1.29 is 9.59 Å². The molecule has 2 atom stereocenters. The molecule has 0 heterocycles. The molecule has 0 spiro atoms. The maximum absolute atomic E-state index is 11.9. The van der Waals surface area contributed by atoms with Gasteiger partial charge in [0.2, 0.25) is 0 Å². The van der Waals surface area contributed by atoms with Crippen LogP contribution in [0.5, 0.6) is 0 Å². The molecule has 0 aromatic rings. The molecule has 2 nitrogen and oxygen atoms in total. The molecule has 0 aromatic heterocycles. The molecule has 1 saturated carbocycles. The van der Waals surface area contributed by atoms with E-state index < -0.39 is 0 Å². The van der Waals surface area contributed by atoms with Crippen LogP contribution in [0.4, 0.5) is 0 Å². The number of rotatable bonds is 1. The fourth-order valence-corrected chi connectivity index (χ4v) is 2.00. The van der Waals surface area contributed by atoms with Crippen molar-refractivity contribution >= 4 is 11.6 Å². The Hall–Kier alpha value is -0.660. The van der Waals surface area contributed by atoms with E-state index in [1.54, 1.807) is 0 Å². The minimum Gasteiger partial charge on any atom is -0.299 e. The number of ketones is 2. The van der Waals surface area contributed by atoms with Gasteiger partial charge in [-0.15, -0.1) is 0 Å². The molecule has 2 heteroatoms. The van der Waals surface area contributed by atoms with E-state index in [0.29, 0.717) is 12.3 Å². The van der Waals surface area contributed by atoms with Crippen LogP contribution in [-0.2, 0) is 9.59 Å². The van der Waals surface area contributed by atoms with Crippen molar-refractivity contribution in [3.05, 3.63) is 0 Å². The van der Waals surface area contributed by atoms with E-state index in [1.807, 2.05) is 20.8 Å². The summed E-state index contributed by atoms with van der Waals surface area (Å²) in [6.07, 6.45) is 2.36. The highest BCUT2D eigenvalue weighted by molar-refractivity contribution is 6.04. The first-order valence-corrected chi connectivity index (χ1v) is 5.39. The molecule has 1 fully saturated rings. The van der Waals surface area contributed by atoms with Crippen LogP contribution >= 0.6 is 0 Å². The van der Waals surface area contributed by atoms with Crippen molar-refractivity contribution in [2.24, 2.45) is 17.3 Å². The molecule has 80 valence electrons. The van der Waals surface area contributed by atoms with E-state index in [9.17, 15) is 9.59 Å². The average molecular weight is 196 g/mol. The Kier molecular flexibility index (Phi) is 3.13. The standard InChI is InChI=1S/C12H20O2/c1-8-5-6-9(10(13)7-8)11(14)12(2,3)4/h8-9H,5-7H2,1-4H3/t8-,9-/m1/s1. The zero-order chi connectivity index (χ0) is 10.9. The summed E-state index contributed by atoms with van der Waals surface area (Å²) in [6, 6.07) is 0. The minimum atomic E-state index is -0.374. The highest BCUT2D eigenvalue weighted by Gasteiger charge is 2.36. The molecule has 1 aliphatic rings. The first-order valence-electron chi connectivity index (χ1n) is 5.39. The van der Waals surface area contributed by atoms with E-state index in [2.05, 4.69) is 6.92 Å². The summed E-state index contributed by atoms with van der Waals surface area (Å²) in [5.41, 5.74) is -0.374. The number of hydrogen-bond acceptors (Lipinski definition) is 2. The highest BCUT2D eigenvalue weighted by atomic mass is 16.2. The third-order valence-corrected chi connectivity index (χ3v) is 2.94. The normalized spacial score (nSPS) is 29.0. The van der Waals surface area contributed by atoms with Crippen LogP contribution in [0.1, 0.15) is 47.0 Å². The second-order valence-electron chi connectivity index (χ2n) is 5.52. The number of Topliss-reactive ketones (excluding diaryl/α,β-unsaturated/α-hetero) is 2. The fourth-order valence-electron chi connectivity index (χ4n) is 2.00. The monoisotopic (exact) mass is 196 g/mol. The Balaban J connectivity index is 2.70. The third-order valence-electron chi connectivity index (χ3n) is 2.94. The molecule has 0 saturated heterocycles. The first kappa shape index (κ1) is 11.4. The van der Waals surface area contributed by atoms with Gasteiger partial charge in [0.05, 0.1) is 5.92 Å². The lowest BCUT2D eigenvalue weighted by Gasteiger charge is -2.28. The molecule has 0 bridgehead atoms. The molecule has 0 unspecified atom stereocenters. The Morgan fingerprint density at radius 3 is 2.29 bits per heavy atom. The molecule has 0 radical (unpaired) electrons. The van der Waals surface area contributed by atoms with Gasteiger partial charge in [-0.1, -0.05) is 27.7 Å². The van der Waals surface area contributed by atoms with Gasteiger partial charge >= 0.3 is 0 Å². The van der Waals surface area contributed by atoms with E-state index in [-0.39, 0.29) is 22.9 Å². The lowest BCUT2D eigenvalue weighted by atomic mass is 9.73. The van der Waals surface area contributed by atoms with E-state index >= 15 is 0 Å². The van der Waals surface area contributed by atoms with E-state index in [1.165, 1.54) is 0 Å². The van der Waals surface area contributed by atoms with Crippen LogP contribution in [0, 0.1) is 17.3 Å². The first-order chi connectivity index (χ1) is 6.32. The summed E-state index contributed by atoms with van der Waals surface area (Å²) in [4.78, 5) is 23.6.